The third-order valence-corrected chi connectivity index (χ3v) is 3.53. The number of hydrogen-bond acceptors (Lipinski definition) is 5. The van der Waals surface area contributed by atoms with Crippen molar-refractivity contribution >= 4 is 5.91 Å². The van der Waals surface area contributed by atoms with Crippen molar-refractivity contribution in [2.24, 2.45) is 0 Å². The summed E-state index contributed by atoms with van der Waals surface area (Å²) in [5, 5.41) is 2.81. The van der Waals surface area contributed by atoms with Gasteiger partial charge in [-0.2, -0.15) is 0 Å². The molecule has 1 aromatic heterocycles. The Bertz CT molecular complexity index is 667. The van der Waals surface area contributed by atoms with E-state index in [0.717, 1.165) is 24.2 Å². The third kappa shape index (κ3) is 5.09. The minimum absolute atomic E-state index is 0.0184. The zero-order chi connectivity index (χ0) is 17.4. The van der Waals surface area contributed by atoms with Crippen LogP contribution in [0.1, 0.15) is 31.2 Å². The van der Waals surface area contributed by atoms with E-state index in [0.29, 0.717) is 23.9 Å². The summed E-state index contributed by atoms with van der Waals surface area (Å²) in [4.78, 5) is 16.0. The summed E-state index contributed by atoms with van der Waals surface area (Å²) in [5.74, 6) is 1.82. The number of methoxy groups -OCH3 is 1. The fraction of sp³-hybridized carbons (Fsp3) is 0.444. The first-order valence-corrected chi connectivity index (χ1v) is 8.09. The normalized spacial score (nSPS) is 10.6. The summed E-state index contributed by atoms with van der Waals surface area (Å²) >= 11 is 0. The van der Waals surface area contributed by atoms with Crippen molar-refractivity contribution in [1.29, 1.82) is 0 Å². The highest BCUT2D eigenvalue weighted by Crippen LogP contribution is 2.25. The number of aromatic nitrogens is 1. The number of aryl methyl sites for hydroxylation is 1. The smallest absolute Gasteiger partial charge is 0.246 e. The van der Waals surface area contributed by atoms with E-state index in [4.69, 9.17) is 13.9 Å². The van der Waals surface area contributed by atoms with Gasteiger partial charge in [0.2, 0.25) is 11.8 Å². The molecule has 0 atom stereocenters. The SMILES string of the molecule is CCCCNC(=O)COCc1nc(-c2cccc(OC)c2)oc1C. The topological polar surface area (TPSA) is 73.6 Å². The molecule has 0 aliphatic heterocycles. The quantitative estimate of drug-likeness (QED) is 0.714. The molecule has 1 amide bonds. The van der Waals surface area contributed by atoms with E-state index in [-0.39, 0.29) is 19.1 Å². The average Bonchev–Trinajstić information content (AvgIpc) is 2.96. The number of benzene rings is 1. The van der Waals surface area contributed by atoms with E-state index in [9.17, 15) is 4.79 Å². The van der Waals surface area contributed by atoms with Crippen LogP contribution in [0.2, 0.25) is 0 Å². The van der Waals surface area contributed by atoms with Gasteiger partial charge in [-0.15, -0.1) is 0 Å². The van der Waals surface area contributed by atoms with Gasteiger partial charge >= 0.3 is 0 Å². The number of amides is 1. The second-order valence-electron chi connectivity index (χ2n) is 5.45. The highest BCUT2D eigenvalue weighted by Gasteiger charge is 2.12. The van der Waals surface area contributed by atoms with Crippen LogP contribution in [-0.4, -0.2) is 31.2 Å². The average molecular weight is 332 g/mol. The lowest BCUT2D eigenvalue weighted by molar-refractivity contribution is -0.126. The van der Waals surface area contributed by atoms with Gasteiger partial charge in [0, 0.05) is 12.1 Å². The van der Waals surface area contributed by atoms with Crippen LogP contribution in [0, 0.1) is 6.92 Å². The van der Waals surface area contributed by atoms with E-state index >= 15 is 0 Å². The van der Waals surface area contributed by atoms with Gasteiger partial charge < -0.3 is 19.2 Å². The van der Waals surface area contributed by atoms with Gasteiger partial charge in [-0.1, -0.05) is 19.4 Å². The second-order valence-corrected chi connectivity index (χ2v) is 5.45. The van der Waals surface area contributed by atoms with Crippen LogP contribution >= 0.6 is 0 Å². The van der Waals surface area contributed by atoms with Crippen LogP contribution in [0.4, 0.5) is 0 Å². The van der Waals surface area contributed by atoms with Gasteiger partial charge in [-0.05, 0) is 31.5 Å². The maximum atomic E-state index is 11.6. The first kappa shape index (κ1) is 18.0. The molecule has 1 heterocycles. The first-order chi connectivity index (χ1) is 11.6. The van der Waals surface area contributed by atoms with E-state index in [1.807, 2.05) is 31.2 Å². The molecular formula is C18H24N2O4. The predicted octanol–water partition coefficient (Wildman–Crippen LogP) is 3.09. The predicted molar refractivity (Wildman–Crippen MR) is 90.8 cm³/mol. The van der Waals surface area contributed by atoms with Crippen molar-refractivity contribution in [3.63, 3.8) is 0 Å². The summed E-state index contributed by atoms with van der Waals surface area (Å²) in [6.07, 6.45) is 2.02. The molecule has 0 radical (unpaired) electrons. The molecule has 1 aromatic carbocycles. The van der Waals surface area contributed by atoms with Crippen molar-refractivity contribution in [2.75, 3.05) is 20.3 Å². The summed E-state index contributed by atoms with van der Waals surface area (Å²) in [6, 6.07) is 7.50. The van der Waals surface area contributed by atoms with Gasteiger partial charge in [-0.3, -0.25) is 4.79 Å². The third-order valence-electron chi connectivity index (χ3n) is 3.53. The molecule has 0 saturated heterocycles. The van der Waals surface area contributed by atoms with Gasteiger partial charge in [0.1, 0.15) is 23.8 Å². The minimum Gasteiger partial charge on any atom is -0.497 e. The lowest BCUT2D eigenvalue weighted by atomic mass is 10.2. The number of carbonyl (C=O) groups is 1. The zero-order valence-corrected chi connectivity index (χ0v) is 14.4. The first-order valence-electron chi connectivity index (χ1n) is 8.09. The van der Waals surface area contributed by atoms with Gasteiger partial charge in [-0.25, -0.2) is 4.98 Å². The van der Waals surface area contributed by atoms with Gasteiger partial charge in [0.05, 0.1) is 13.7 Å². The van der Waals surface area contributed by atoms with Crippen LogP contribution < -0.4 is 10.1 Å². The summed E-state index contributed by atoms with van der Waals surface area (Å²) in [6.45, 7) is 4.85. The molecule has 2 aromatic rings. The maximum Gasteiger partial charge on any atom is 0.246 e. The highest BCUT2D eigenvalue weighted by molar-refractivity contribution is 5.77. The lowest BCUT2D eigenvalue weighted by Gasteiger charge is -2.04. The van der Waals surface area contributed by atoms with Gasteiger partial charge in [0.25, 0.3) is 0 Å². The Kier molecular flexibility index (Phi) is 6.81. The number of hydrogen-bond donors (Lipinski definition) is 1. The molecule has 0 bridgehead atoms. The van der Waals surface area contributed by atoms with Crippen LogP contribution in [0.25, 0.3) is 11.5 Å². The molecule has 130 valence electrons. The van der Waals surface area contributed by atoms with Crippen molar-refractivity contribution in [1.82, 2.24) is 10.3 Å². The molecule has 24 heavy (non-hydrogen) atoms. The van der Waals surface area contributed by atoms with E-state index < -0.39 is 0 Å². The zero-order valence-electron chi connectivity index (χ0n) is 14.4. The van der Waals surface area contributed by atoms with Crippen molar-refractivity contribution in [3.8, 4) is 17.2 Å². The Morgan fingerprint density at radius 3 is 2.96 bits per heavy atom. The molecule has 0 spiro atoms. The Labute approximate surface area is 142 Å². The molecule has 6 heteroatoms. The minimum atomic E-state index is -0.113. The fourth-order valence-electron chi connectivity index (χ4n) is 2.14. The van der Waals surface area contributed by atoms with Crippen molar-refractivity contribution in [2.45, 2.75) is 33.3 Å². The molecule has 0 fully saturated rings. The molecule has 1 N–H and O–H groups in total. The van der Waals surface area contributed by atoms with Crippen LogP contribution in [0.5, 0.6) is 5.75 Å². The number of oxazole rings is 1. The molecule has 0 unspecified atom stereocenters. The highest BCUT2D eigenvalue weighted by atomic mass is 16.5. The van der Waals surface area contributed by atoms with Crippen molar-refractivity contribution < 1.29 is 18.7 Å². The van der Waals surface area contributed by atoms with Crippen LogP contribution in [0.15, 0.2) is 28.7 Å². The number of nitrogens with one attached hydrogen (secondary N) is 1. The molecule has 6 nitrogen and oxygen atoms in total. The lowest BCUT2D eigenvalue weighted by Crippen LogP contribution is -2.28. The van der Waals surface area contributed by atoms with Crippen molar-refractivity contribution in [3.05, 3.63) is 35.7 Å². The largest absolute Gasteiger partial charge is 0.497 e. The molecule has 0 aliphatic rings. The van der Waals surface area contributed by atoms with Crippen LogP contribution in [0.3, 0.4) is 0 Å². The Morgan fingerprint density at radius 1 is 1.38 bits per heavy atom. The second kappa shape index (κ2) is 9.08. The summed E-state index contributed by atoms with van der Waals surface area (Å²) in [5.41, 5.74) is 1.52. The number of carbonyl (C=O) groups excluding carboxylic acids is 1. The van der Waals surface area contributed by atoms with E-state index in [1.165, 1.54) is 0 Å². The molecule has 0 saturated carbocycles. The number of rotatable bonds is 9. The molecule has 0 aliphatic carbocycles. The number of nitrogens with zero attached hydrogens (tertiary/aromatic N) is 1. The summed E-state index contributed by atoms with van der Waals surface area (Å²) < 4.78 is 16.3. The molecular weight excluding hydrogens is 308 g/mol. The number of unbranched alkanes of at least 4 members (excludes halogenated alkanes) is 1. The standard InChI is InChI=1S/C18H24N2O4/c1-4-5-9-19-17(21)12-23-11-16-13(2)24-18(20-16)14-7-6-8-15(10-14)22-3/h6-8,10H,4-5,9,11-12H2,1-3H3,(H,19,21). The fourth-order valence-corrected chi connectivity index (χ4v) is 2.14. The van der Waals surface area contributed by atoms with Gasteiger partial charge in [0.15, 0.2) is 0 Å². The monoisotopic (exact) mass is 332 g/mol. The maximum absolute atomic E-state index is 11.6. The van der Waals surface area contributed by atoms with E-state index in [1.54, 1.807) is 7.11 Å². The Balaban J connectivity index is 1.90. The molecule has 2 rings (SSSR count). The Hall–Kier alpha value is -2.34. The van der Waals surface area contributed by atoms with Crippen LogP contribution in [-0.2, 0) is 16.1 Å². The summed E-state index contributed by atoms with van der Waals surface area (Å²) in [7, 11) is 1.62. The number of ether oxygens (including phenoxy) is 2. The van der Waals surface area contributed by atoms with E-state index in [2.05, 4.69) is 17.2 Å². The Morgan fingerprint density at radius 2 is 2.21 bits per heavy atom.